The number of halogens is 5. The molecule has 0 radical (unpaired) electrons. The molecule has 1 unspecified atom stereocenters. The van der Waals surface area contributed by atoms with E-state index >= 15 is 0 Å². The van der Waals surface area contributed by atoms with Crippen molar-refractivity contribution >= 4 is 15.6 Å². The van der Waals surface area contributed by atoms with E-state index in [1.54, 1.807) is 0 Å². The summed E-state index contributed by atoms with van der Waals surface area (Å²) in [6.07, 6.45) is -1.06. The van der Waals surface area contributed by atoms with Crippen LogP contribution >= 0.6 is 0 Å². The van der Waals surface area contributed by atoms with Gasteiger partial charge in [-0.25, -0.2) is 17.2 Å². The summed E-state index contributed by atoms with van der Waals surface area (Å²) in [5.74, 6) is -1.85. The molecule has 2 aromatic carbocycles. The molecular weight excluding hydrogens is 551 g/mol. The van der Waals surface area contributed by atoms with E-state index in [0.29, 0.717) is 37.3 Å². The molecule has 0 aromatic heterocycles. The normalized spacial score (nSPS) is 27.9. The fraction of sp³-hybridized carbons (Fsp3) is 0.567. The highest BCUT2D eigenvalue weighted by Crippen LogP contribution is 2.60. The second kappa shape index (κ2) is 9.89. The van der Waals surface area contributed by atoms with Crippen molar-refractivity contribution < 1.29 is 40.3 Å². The number of sulfone groups is 1. The minimum Gasteiger partial charge on any atom is -0.382 e. The Labute approximate surface area is 230 Å². The summed E-state index contributed by atoms with van der Waals surface area (Å²) in [7, 11) is -4.23. The number of rotatable bonds is 6. The molecule has 3 aliphatic rings. The maximum Gasteiger partial charge on any atom is 0.426 e. The van der Waals surface area contributed by atoms with Crippen molar-refractivity contribution in [3.63, 3.8) is 0 Å². The molecule has 0 amide bonds. The smallest absolute Gasteiger partial charge is 0.382 e. The Balaban J connectivity index is 1.60. The van der Waals surface area contributed by atoms with Crippen LogP contribution in [-0.2, 0) is 31.5 Å². The molecule has 218 valence electrons. The average Bonchev–Trinajstić information content (AvgIpc) is 3.28. The number of hydrogen-bond acceptors (Lipinski definition) is 4. The minimum absolute atomic E-state index is 0.00585. The number of aryl methyl sites for hydroxylation is 1. The number of carbonyl (C=O) groups is 1. The molecular formula is C30H33F5O4S. The lowest BCUT2D eigenvalue weighted by Gasteiger charge is -2.43. The lowest BCUT2D eigenvalue weighted by Crippen LogP contribution is -2.46. The fourth-order valence-electron chi connectivity index (χ4n) is 7.34. The Hall–Kier alpha value is -2.33. The van der Waals surface area contributed by atoms with Crippen molar-refractivity contribution in [1.29, 1.82) is 0 Å². The van der Waals surface area contributed by atoms with Crippen LogP contribution in [-0.4, -0.2) is 31.1 Å². The predicted octanol–water partition coefficient (Wildman–Crippen LogP) is 6.87. The quantitative estimate of drug-likeness (QED) is 0.297. The zero-order valence-electron chi connectivity index (χ0n) is 22.2. The number of carbonyl (C=O) groups excluding carboxylic acids is 1. The average molecular weight is 585 g/mol. The first-order valence-corrected chi connectivity index (χ1v) is 15.3. The second-order valence-electron chi connectivity index (χ2n) is 11.9. The number of hydrogen-bond donors (Lipinski definition) is 1. The molecule has 2 aromatic rings. The molecule has 2 saturated carbocycles. The van der Waals surface area contributed by atoms with Crippen molar-refractivity contribution in [2.24, 2.45) is 11.8 Å². The van der Waals surface area contributed by atoms with Crippen molar-refractivity contribution in [2.45, 2.75) is 98.2 Å². The second-order valence-corrected chi connectivity index (χ2v) is 14.1. The van der Waals surface area contributed by atoms with E-state index in [1.807, 2.05) is 0 Å². The van der Waals surface area contributed by atoms with E-state index in [-0.39, 0.29) is 42.3 Å². The number of fused-ring (bicyclic) bond motifs is 3. The van der Waals surface area contributed by atoms with Gasteiger partial charge in [0.05, 0.1) is 4.90 Å². The molecule has 40 heavy (non-hydrogen) atoms. The maximum atomic E-state index is 14.9. The van der Waals surface area contributed by atoms with E-state index in [1.165, 1.54) is 18.2 Å². The molecule has 0 heterocycles. The Kier molecular flexibility index (Phi) is 7.22. The Morgan fingerprint density at radius 2 is 1.62 bits per heavy atom. The molecule has 5 rings (SSSR count). The number of aliphatic hydroxyl groups is 1. The van der Waals surface area contributed by atoms with Gasteiger partial charge in [-0.3, -0.25) is 4.79 Å². The number of alkyl halides is 4. The van der Waals surface area contributed by atoms with E-state index < -0.39 is 49.3 Å². The van der Waals surface area contributed by atoms with E-state index in [2.05, 4.69) is 0 Å². The van der Waals surface area contributed by atoms with Crippen LogP contribution in [0.15, 0.2) is 47.4 Å². The number of benzene rings is 2. The van der Waals surface area contributed by atoms with E-state index in [9.17, 15) is 40.3 Å². The largest absolute Gasteiger partial charge is 0.426 e. The van der Waals surface area contributed by atoms with Crippen LogP contribution in [0, 0.1) is 17.7 Å². The van der Waals surface area contributed by atoms with Crippen LogP contribution in [0.25, 0.3) is 0 Å². The zero-order chi connectivity index (χ0) is 29.1. The van der Waals surface area contributed by atoms with Gasteiger partial charge in [-0.2, -0.15) is 13.2 Å². The lowest BCUT2D eigenvalue weighted by molar-refractivity contribution is -0.228. The molecule has 2 fully saturated rings. The van der Waals surface area contributed by atoms with Crippen LogP contribution in [0.1, 0.15) is 81.4 Å². The topological polar surface area (TPSA) is 71.4 Å². The van der Waals surface area contributed by atoms with Crippen molar-refractivity contribution in [3.8, 4) is 0 Å². The van der Waals surface area contributed by atoms with Gasteiger partial charge in [0.25, 0.3) is 0 Å². The van der Waals surface area contributed by atoms with Crippen LogP contribution in [0.5, 0.6) is 0 Å². The summed E-state index contributed by atoms with van der Waals surface area (Å²) in [5, 5.41) is 11.0. The summed E-state index contributed by atoms with van der Waals surface area (Å²) >= 11 is 0. The van der Waals surface area contributed by atoms with Crippen molar-refractivity contribution in [2.75, 3.05) is 0 Å². The molecule has 0 saturated heterocycles. The van der Waals surface area contributed by atoms with Gasteiger partial charge in [0, 0.05) is 6.42 Å². The Morgan fingerprint density at radius 1 is 0.975 bits per heavy atom. The van der Waals surface area contributed by atoms with Crippen molar-refractivity contribution in [1.82, 2.24) is 0 Å². The van der Waals surface area contributed by atoms with Gasteiger partial charge in [-0.15, -0.1) is 0 Å². The van der Waals surface area contributed by atoms with Gasteiger partial charge in [0.15, 0.2) is 15.6 Å². The summed E-state index contributed by atoms with van der Waals surface area (Å²) in [6, 6.07) is 7.83. The van der Waals surface area contributed by atoms with Crippen LogP contribution in [0.3, 0.4) is 0 Å². The highest BCUT2D eigenvalue weighted by molar-refractivity contribution is 7.92. The van der Waals surface area contributed by atoms with Gasteiger partial charge in [-0.1, -0.05) is 37.5 Å². The Morgan fingerprint density at radius 3 is 2.25 bits per heavy atom. The monoisotopic (exact) mass is 584 g/mol. The molecule has 4 nitrogen and oxygen atoms in total. The number of Topliss-reactive ketones (excluding diaryl/α,β-unsaturated/α-hetero) is 1. The third-order valence-electron chi connectivity index (χ3n) is 9.67. The number of ketones is 1. The Bertz CT molecular complexity index is 1390. The van der Waals surface area contributed by atoms with Crippen LogP contribution < -0.4 is 0 Å². The summed E-state index contributed by atoms with van der Waals surface area (Å²) < 4.78 is 96.3. The zero-order valence-corrected chi connectivity index (χ0v) is 23.1. The van der Waals surface area contributed by atoms with Gasteiger partial charge >= 0.3 is 6.18 Å². The molecule has 4 atom stereocenters. The molecule has 10 heteroatoms. The SMILES string of the molecule is CC(F)(c1ccc2c(c1)CC[C@H]1[C@H](CC(=O)C3(O)CCCCC3)CC[C@@]21S(=O)(=O)c1ccc(F)cc1)C(F)(F)F. The first kappa shape index (κ1) is 29.2. The molecule has 0 spiro atoms. The summed E-state index contributed by atoms with van der Waals surface area (Å²) in [6.45, 7) is 0.443. The van der Waals surface area contributed by atoms with Gasteiger partial charge in [-0.05, 0) is 98.2 Å². The first-order chi connectivity index (χ1) is 18.6. The van der Waals surface area contributed by atoms with Gasteiger partial charge < -0.3 is 5.11 Å². The van der Waals surface area contributed by atoms with E-state index in [0.717, 1.165) is 43.5 Å². The van der Waals surface area contributed by atoms with Crippen molar-refractivity contribution in [3.05, 3.63) is 65.0 Å². The van der Waals surface area contributed by atoms with Gasteiger partial charge in [0.2, 0.25) is 5.67 Å². The lowest BCUT2D eigenvalue weighted by atomic mass is 9.70. The molecule has 3 aliphatic carbocycles. The fourth-order valence-corrected chi connectivity index (χ4v) is 9.84. The highest BCUT2D eigenvalue weighted by Gasteiger charge is 2.61. The highest BCUT2D eigenvalue weighted by atomic mass is 32.2. The maximum absolute atomic E-state index is 14.9. The molecule has 0 aliphatic heterocycles. The van der Waals surface area contributed by atoms with E-state index in [4.69, 9.17) is 0 Å². The first-order valence-electron chi connectivity index (χ1n) is 13.8. The molecule has 1 N–H and O–H groups in total. The third kappa shape index (κ3) is 4.49. The molecule has 0 bridgehead atoms. The summed E-state index contributed by atoms with van der Waals surface area (Å²) in [4.78, 5) is 13.2. The van der Waals surface area contributed by atoms with Gasteiger partial charge in [0.1, 0.15) is 16.2 Å². The van der Waals surface area contributed by atoms with Crippen LogP contribution in [0.4, 0.5) is 22.0 Å². The summed E-state index contributed by atoms with van der Waals surface area (Å²) in [5.41, 5.74) is -5.02. The minimum atomic E-state index is -5.16. The standard InChI is InChI=1S/C30H33F5O4S/c1-27(32,30(33,34)35)21-6-12-25-19(17-21)5-11-24-20(18-26(36)28(37)14-3-2-4-15-28)13-16-29(24,25)40(38,39)23-9-7-22(31)8-10-23/h6-10,12,17,20,24,37H,2-5,11,13-16,18H2,1H3/t20-,24-,27?,29-/m0/s1. The van der Waals surface area contributed by atoms with Crippen LogP contribution in [0.2, 0.25) is 0 Å². The predicted molar refractivity (Wildman–Crippen MR) is 138 cm³/mol. The third-order valence-corrected chi connectivity index (χ3v) is 12.2.